The van der Waals surface area contributed by atoms with Crippen LogP contribution in [0.4, 0.5) is 4.39 Å². The van der Waals surface area contributed by atoms with E-state index in [0.29, 0.717) is 0 Å². The molecular weight excluding hydrogens is 249 g/mol. The lowest BCUT2D eigenvalue weighted by molar-refractivity contribution is 0.620. The van der Waals surface area contributed by atoms with Gasteiger partial charge < -0.3 is 4.57 Å². The number of thioether (sulfide) groups is 1. The van der Waals surface area contributed by atoms with Crippen LogP contribution in [-0.2, 0) is 6.54 Å². The molecule has 0 fully saturated rings. The van der Waals surface area contributed by atoms with Gasteiger partial charge in [-0.2, -0.15) is 5.26 Å². The molecule has 0 spiro atoms. The predicted octanol–water partition coefficient (Wildman–Crippen LogP) is 2.73. The molecule has 1 aliphatic heterocycles. The Labute approximate surface area is 108 Å². The Morgan fingerprint density at radius 3 is 3.17 bits per heavy atom. The molecule has 0 saturated carbocycles. The van der Waals surface area contributed by atoms with E-state index in [9.17, 15) is 4.39 Å². The van der Waals surface area contributed by atoms with Gasteiger partial charge in [0.2, 0.25) is 0 Å². The number of fused-ring (bicyclic) bond motifs is 1. The number of hydrogen-bond donors (Lipinski definition) is 0. The highest BCUT2D eigenvalue weighted by Crippen LogP contribution is 2.38. The van der Waals surface area contributed by atoms with E-state index in [2.05, 4.69) is 9.55 Å². The van der Waals surface area contributed by atoms with Gasteiger partial charge in [-0.15, -0.1) is 11.8 Å². The van der Waals surface area contributed by atoms with Crippen LogP contribution in [0, 0.1) is 17.1 Å². The van der Waals surface area contributed by atoms with Crippen molar-refractivity contribution in [2.24, 2.45) is 0 Å². The molecule has 1 unspecified atom stereocenters. The van der Waals surface area contributed by atoms with Crippen LogP contribution < -0.4 is 0 Å². The van der Waals surface area contributed by atoms with Gasteiger partial charge >= 0.3 is 0 Å². The summed E-state index contributed by atoms with van der Waals surface area (Å²) in [4.78, 5) is 4.14. The minimum atomic E-state index is -0.452. The second-order valence-corrected chi connectivity index (χ2v) is 5.33. The molecule has 0 saturated heterocycles. The average Bonchev–Trinajstić information content (AvgIpc) is 2.86. The van der Waals surface area contributed by atoms with Crippen LogP contribution in [0.25, 0.3) is 0 Å². The first-order valence-electron chi connectivity index (χ1n) is 5.61. The van der Waals surface area contributed by atoms with Gasteiger partial charge in [-0.05, 0) is 17.7 Å². The Kier molecular flexibility index (Phi) is 2.80. The van der Waals surface area contributed by atoms with E-state index in [0.717, 1.165) is 23.6 Å². The molecule has 90 valence electrons. The largest absolute Gasteiger partial charge is 0.332 e. The maximum atomic E-state index is 13.7. The molecule has 0 N–H and O–H groups in total. The SMILES string of the molecule is N#Cc1ccc(C2SCCn3cncc32)cc1F. The van der Waals surface area contributed by atoms with Gasteiger partial charge in [-0.25, -0.2) is 9.37 Å². The van der Waals surface area contributed by atoms with Crippen molar-refractivity contribution in [1.29, 1.82) is 5.26 Å². The van der Waals surface area contributed by atoms with Gasteiger partial charge in [0.05, 0.1) is 22.8 Å². The molecule has 0 aliphatic carbocycles. The van der Waals surface area contributed by atoms with Crippen LogP contribution in [0.5, 0.6) is 0 Å². The Bertz CT molecular complexity index is 629. The molecular formula is C13H10FN3S. The number of halogens is 1. The van der Waals surface area contributed by atoms with Crippen LogP contribution in [0.1, 0.15) is 22.1 Å². The number of hydrogen-bond acceptors (Lipinski definition) is 3. The number of imidazole rings is 1. The van der Waals surface area contributed by atoms with E-state index >= 15 is 0 Å². The van der Waals surface area contributed by atoms with Crippen LogP contribution in [0.2, 0.25) is 0 Å². The zero-order chi connectivity index (χ0) is 12.5. The second kappa shape index (κ2) is 4.46. The fourth-order valence-electron chi connectivity index (χ4n) is 2.14. The molecule has 18 heavy (non-hydrogen) atoms. The highest BCUT2D eigenvalue weighted by molar-refractivity contribution is 7.99. The van der Waals surface area contributed by atoms with Crippen molar-refractivity contribution >= 4 is 11.8 Å². The summed E-state index contributed by atoms with van der Waals surface area (Å²) in [6.45, 7) is 0.940. The molecule has 1 aromatic carbocycles. The van der Waals surface area contributed by atoms with Crippen LogP contribution in [0.15, 0.2) is 30.7 Å². The van der Waals surface area contributed by atoms with Crippen LogP contribution >= 0.6 is 11.8 Å². The van der Waals surface area contributed by atoms with E-state index in [1.54, 1.807) is 17.8 Å². The lowest BCUT2D eigenvalue weighted by atomic mass is 10.1. The van der Waals surface area contributed by atoms with Crippen LogP contribution in [0.3, 0.4) is 0 Å². The topological polar surface area (TPSA) is 41.6 Å². The maximum absolute atomic E-state index is 13.7. The van der Waals surface area contributed by atoms with E-state index in [-0.39, 0.29) is 10.8 Å². The molecule has 1 atom stereocenters. The molecule has 2 heterocycles. The van der Waals surface area contributed by atoms with Gasteiger partial charge in [0.25, 0.3) is 0 Å². The highest BCUT2D eigenvalue weighted by Gasteiger charge is 2.23. The lowest BCUT2D eigenvalue weighted by Gasteiger charge is -2.24. The summed E-state index contributed by atoms with van der Waals surface area (Å²) in [5, 5.41) is 8.84. The third-order valence-corrected chi connectivity index (χ3v) is 4.31. The van der Waals surface area contributed by atoms with Crippen molar-refractivity contribution < 1.29 is 4.39 Å². The smallest absolute Gasteiger partial charge is 0.141 e. The molecule has 2 aromatic rings. The van der Waals surface area contributed by atoms with Crippen molar-refractivity contribution in [3.05, 3.63) is 53.4 Å². The number of benzene rings is 1. The standard InChI is InChI=1S/C13H10FN3S/c14-11-5-9(1-2-10(11)6-15)13-12-7-16-8-17(12)3-4-18-13/h1-2,5,7-8,13H,3-4H2. The van der Waals surface area contributed by atoms with Crippen molar-refractivity contribution in [2.45, 2.75) is 11.8 Å². The Balaban J connectivity index is 2.03. The third-order valence-electron chi connectivity index (χ3n) is 3.05. The van der Waals surface area contributed by atoms with Gasteiger partial charge in [-0.1, -0.05) is 6.07 Å². The third kappa shape index (κ3) is 1.79. The van der Waals surface area contributed by atoms with E-state index in [1.807, 2.05) is 24.7 Å². The summed E-state index contributed by atoms with van der Waals surface area (Å²) in [6, 6.07) is 6.66. The Morgan fingerprint density at radius 1 is 1.50 bits per heavy atom. The van der Waals surface area contributed by atoms with Gasteiger partial charge in [-0.3, -0.25) is 0 Å². The zero-order valence-electron chi connectivity index (χ0n) is 9.51. The monoisotopic (exact) mass is 259 g/mol. The zero-order valence-corrected chi connectivity index (χ0v) is 10.3. The molecule has 0 amide bonds. The highest BCUT2D eigenvalue weighted by atomic mass is 32.2. The summed E-state index contributed by atoms with van der Waals surface area (Å²) in [5.74, 6) is 0.530. The molecule has 3 rings (SSSR count). The number of aryl methyl sites for hydroxylation is 1. The maximum Gasteiger partial charge on any atom is 0.141 e. The Morgan fingerprint density at radius 2 is 2.39 bits per heavy atom. The Hall–Kier alpha value is -1.80. The fraction of sp³-hybridized carbons (Fsp3) is 0.231. The molecule has 1 aliphatic rings. The lowest BCUT2D eigenvalue weighted by Crippen LogP contribution is -2.14. The first kappa shape index (κ1) is 11.3. The van der Waals surface area contributed by atoms with Crippen molar-refractivity contribution in [1.82, 2.24) is 9.55 Å². The summed E-state index contributed by atoms with van der Waals surface area (Å²) < 4.78 is 15.7. The minimum absolute atomic E-state index is 0.0908. The fourth-order valence-corrected chi connectivity index (χ4v) is 3.39. The van der Waals surface area contributed by atoms with Crippen molar-refractivity contribution in [2.75, 3.05) is 5.75 Å². The number of aromatic nitrogens is 2. The second-order valence-electron chi connectivity index (χ2n) is 4.11. The predicted molar refractivity (Wildman–Crippen MR) is 67.6 cm³/mol. The molecule has 3 nitrogen and oxygen atoms in total. The number of nitrogens with zero attached hydrogens (tertiary/aromatic N) is 3. The van der Waals surface area contributed by atoms with Gasteiger partial charge in [0.15, 0.2) is 0 Å². The first-order valence-corrected chi connectivity index (χ1v) is 6.65. The number of nitriles is 1. The van der Waals surface area contributed by atoms with Crippen molar-refractivity contribution in [3.8, 4) is 6.07 Å². The first-order chi connectivity index (χ1) is 8.79. The molecule has 1 aromatic heterocycles. The molecule has 0 radical (unpaired) electrons. The summed E-state index contributed by atoms with van der Waals surface area (Å²) in [6.07, 6.45) is 3.63. The minimum Gasteiger partial charge on any atom is -0.332 e. The summed E-state index contributed by atoms with van der Waals surface area (Å²) in [5.41, 5.74) is 2.07. The van der Waals surface area contributed by atoms with E-state index in [4.69, 9.17) is 5.26 Å². The normalized spacial score (nSPS) is 18.1. The molecule has 0 bridgehead atoms. The summed E-state index contributed by atoms with van der Waals surface area (Å²) in [7, 11) is 0. The molecule has 5 heteroatoms. The summed E-state index contributed by atoms with van der Waals surface area (Å²) >= 11 is 1.78. The van der Waals surface area contributed by atoms with Crippen molar-refractivity contribution in [3.63, 3.8) is 0 Å². The van der Waals surface area contributed by atoms with E-state index in [1.165, 1.54) is 6.07 Å². The number of rotatable bonds is 1. The van der Waals surface area contributed by atoms with E-state index < -0.39 is 5.82 Å². The van der Waals surface area contributed by atoms with Gasteiger partial charge in [0, 0.05) is 18.5 Å². The quantitative estimate of drug-likeness (QED) is 0.790. The van der Waals surface area contributed by atoms with Gasteiger partial charge in [0.1, 0.15) is 11.9 Å². The average molecular weight is 259 g/mol. The van der Waals surface area contributed by atoms with Crippen LogP contribution in [-0.4, -0.2) is 15.3 Å².